The van der Waals surface area contributed by atoms with Crippen molar-refractivity contribution in [1.29, 1.82) is 0 Å². The summed E-state index contributed by atoms with van der Waals surface area (Å²) in [7, 11) is 0. The van der Waals surface area contributed by atoms with E-state index in [1.54, 1.807) is 11.8 Å². The highest BCUT2D eigenvalue weighted by Gasteiger charge is 2.31. The molecule has 1 rings (SSSR count). The molecule has 1 heterocycles. The standard InChI is InChI=1S/C14H25N3O4/c1-3-5-8-16-11(15)10-12(18)17(14(16)20)9-6-7-13(19)21-4-2/h10,14,20H,3-9,15H2,1-2H3. The van der Waals surface area contributed by atoms with E-state index in [9.17, 15) is 14.7 Å². The van der Waals surface area contributed by atoms with Gasteiger partial charge in [-0.15, -0.1) is 0 Å². The Morgan fingerprint density at radius 3 is 2.62 bits per heavy atom. The van der Waals surface area contributed by atoms with E-state index in [0.29, 0.717) is 19.6 Å². The maximum Gasteiger partial charge on any atom is 0.305 e. The van der Waals surface area contributed by atoms with E-state index in [-0.39, 0.29) is 30.7 Å². The molecule has 7 heteroatoms. The molecule has 1 aliphatic rings. The van der Waals surface area contributed by atoms with Crippen LogP contribution in [0.5, 0.6) is 0 Å². The first-order chi connectivity index (χ1) is 10.0. The van der Waals surface area contributed by atoms with E-state index in [4.69, 9.17) is 10.5 Å². The van der Waals surface area contributed by atoms with Gasteiger partial charge in [-0.3, -0.25) is 14.5 Å². The quantitative estimate of drug-likeness (QED) is 0.628. The zero-order chi connectivity index (χ0) is 15.8. The minimum absolute atomic E-state index is 0.221. The molecule has 0 aromatic carbocycles. The van der Waals surface area contributed by atoms with Gasteiger partial charge in [0.15, 0.2) is 0 Å². The van der Waals surface area contributed by atoms with Crippen LogP contribution < -0.4 is 5.73 Å². The molecule has 0 aromatic heterocycles. The first kappa shape index (κ1) is 17.3. The van der Waals surface area contributed by atoms with Crippen LogP contribution in [0.3, 0.4) is 0 Å². The van der Waals surface area contributed by atoms with Crippen molar-refractivity contribution in [3.8, 4) is 0 Å². The van der Waals surface area contributed by atoms with Crippen LogP contribution in [0.25, 0.3) is 0 Å². The van der Waals surface area contributed by atoms with Gasteiger partial charge in [-0.1, -0.05) is 13.3 Å². The summed E-state index contributed by atoms with van der Waals surface area (Å²) in [5, 5.41) is 10.3. The van der Waals surface area contributed by atoms with Crippen LogP contribution in [-0.4, -0.2) is 52.8 Å². The monoisotopic (exact) mass is 299 g/mol. The highest BCUT2D eigenvalue weighted by Crippen LogP contribution is 2.17. The topological polar surface area (TPSA) is 96.1 Å². The number of esters is 1. The largest absolute Gasteiger partial charge is 0.466 e. The number of hydrogen-bond acceptors (Lipinski definition) is 6. The number of nitrogens with zero attached hydrogens (tertiary/aromatic N) is 2. The lowest BCUT2D eigenvalue weighted by Crippen LogP contribution is -2.55. The zero-order valence-corrected chi connectivity index (χ0v) is 12.7. The Balaban J connectivity index is 2.56. The Morgan fingerprint density at radius 2 is 2.00 bits per heavy atom. The third-order valence-electron chi connectivity index (χ3n) is 3.28. The third kappa shape index (κ3) is 4.93. The predicted octanol–water partition coefficient (Wildman–Crippen LogP) is 0.350. The normalized spacial score (nSPS) is 18.7. The number of carbonyl (C=O) groups excluding carboxylic acids is 2. The summed E-state index contributed by atoms with van der Waals surface area (Å²) < 4.78 is 4.83. The number of nitrogens with two attached hydrogens (primary N) is 1. The molecule has 0 bridgehead atoms. The average molecular weight is 299 g/mol. The lowest BCUT2D eigenvalue weighted by molar-refractivity contribution is -0.156. The smallest absolute Gasteiger partial charge is 0.305 e. The molecule has 7 nitrogen and oxygen atoms in total. The van der Waals surface area contributed by atoms with Crippen LogP contribution in [0.2, 0.25) is 0 Å². The highest BCUT2D eigenvalue weighted by atomic mass is 16.5. The van der Waals surface area contributed by atoms with Crippen molar-refractivity contribution in [3.05, 3.63) is 11.9 Å². The van der Waals surface area contributed by atoms with Crippen LogP contribution in [0.15, 0.2) is 11.9 Å². The molecule has 1 amide bonds. The molecule has 0 saturated carbocycles. The first-order valence-electron chi connectivity index (χ1n) is 7.39. The Kier molecular flexibility index (Phi) is 7.01. The van der Waals surface area contributed by atoms with Crippen molar-refractivity contribution in [3.63, 3.8) is 0 Å². The Morgan fingerprint density at radius 1 is 1.33 bits per heavy atom. The van der Waals surface area contributed by atoms with Crippen LogP contribution in [0.1, 0.15) is 39.5 Å². The fraction of sp³-hybridized carbons (Fsp3) is 0.714. The lowest BCUT2D eigenvalue weighted by atomic mass is 10.2. The molecule has 0 radical (unpaired) electrons. The van der Waals surface area contributed by atoms with Gasteiger partial charge in [0.1, 0.15) is 5.82 Å². The predicted molar refractivity (Wildman–Crippen MR) is 77.5 cm³/mol. The van der Waals surface area contributed by atoms with Gasteiger partial charge >= 0.3 is 5.97 Å². The van der Waals surface area contributed by atoms with Crippen molar-refractivity contribution in [2.75, 3.05) is 19.7 Å². The van der Waals surface area contributed by atoms with Crippen LogP contribution in [0, 0.1) is 0 Å². The average Bonchev–Trinajstić information content (AvgIpc) is 2.42. The molecule has 3 N–H and O–H groups in total. The van der Waals surface area contributed by atoms with Gasteiger partial charge in [-0.05, 0) is 19.8 Å². The molecule has 120 valence electrons. The van der Waals surface area contributed by atoms with Crippen LogP contribution in [0.4, 0.5) is 0 Å². The molecule has 0 saturated heterocycles. The number of unbranched alkanes of at least 4 members (excludes halogenated alkanes) is 1. The molecule has 1 unspecified atom stereocenters. The third-order valence-corrected chi connectivity index (χ3v) is 3.28. The van der Waals surface area contributed by atoms with Crippen molar-refractivity contribution in [1.82, 2.24) is 9.80 Å². The second-order valence-electron chi connectivity index (χ2n) is 4.90. The number of aliphatic hydroxyl groups is 1. The number of amides is 1. The van der Waals surface area contributed by atoms with Gasteiger partial charge in [-0.25, -0.2) is 0 Å². The number of rotatable bonds is 8. The van der Waals surface area contributed by atoms with Crippen molar-refractivity contribution in [2.24, 2.45) is 5.73 Å². The summed E-state index contributed by atoms with van der Waals surface area (Å²) in [4.78, 5) is 26.1. The minimum Gasteiger partial charge on any atom is -0.466 e. The highest BCUT2D eigenvalue weighted by molar-refractivity contribution is 5.89. The maximum absolute atomic E-state index is 11.9. The fourth-order valence-electron chi connectivity index (χ4n) is 2.13. The van der Waals surface area contributed by atoms with Gasteiger partial charge in [0.25, 0.3) is 5.91 Å². The summed E-state index contributed by atoms with van der Waals surface area (Å²) in [5.41, 5.74) is 5.78. The van der Waals surface area contributed by atoms with E-state index in [0.717, 1.165) is 12.8 Å². The van der Waals surface area contributed by atoms with Crippen LogP contribution in [-0.2, 0) is 14.3 Å². The summed E-state index contributed by atoms with van der Waals surface area (Å²) in [6.07, 6.45) is 2.74. The van der Waals surface area contributed by atoms with E-state index in [2.05, 4.69) is 0 Å². The van der Waals surface area contributed by atoms with Gasteiger partial charge in [0.05, 0.1) is 6.61 Å². The summed E-state index contributed by atoms with van der Waals surface area (Å²) in [5.74, 6) is -0.353. The van der Waals surface area contributed by atoms with Gasteiger partial charge in [0, 0.05) is 25.6 Å². The van der Waals surface area contributed by atoms with Crippen molar-refractivity contribution >= 4 is 11.9 Å². The minimum atomic E-state index is -1.07. The second-order valence-corrected chi connectivity index (χ2v) is 4.90. The van der Waals surface area contributed by atoms with E-state index < -0.39 is 6.35 Å². The Labute approximate surface area is 125 Å². The molecule has 0 aromatic rings. The molecule has 21 heavy (non-hydrogen) atoms. The SMILES string of the molecule is CCCCN1C(N)=CC(=O)N(CCCC(=O)OCC)C1O. The van der Waals surface area contributed by atoms with E-state index in [1.165, 1.54) is 11.0 Å². The molecule has 1 atom stereocenters. The summed E-state index contributed by atoms with van der Waals surface area (Å²) >= 11 is 0. The van der Waals surface area contributed by atoms with Crippen molar-refractivity contribution in [2.45, 2.75) is 45.9 Å². The fourth-order valence-corrected chi connectivity index (χ4v) is 2.13. The molecule has 0 fully saturated rings. The summed E-state index contributed by atoms with van der Waals surface area (Å²) in [6, 6.07) is 0. The van der Waals surface area contributed by atoms with E-state index >= 15 is 0 Å². The van der Waals surface area contributed by atoms with Crippen molar-refractivity contribution < 1.29 is 19.4 Å². The number of carbonyl (C=O) groups is 2. The number of aliphatic hydroxyl groups excluding tert-OH is 1. The van der Waals surface area contributed by atoms with Gasteiger partial charge in [0.2, 0.25) is 6.35 Å². The van der Waals surface area contributed by atoms with E-state index in [1.807, 2.05) is 6.92 Å². The molecule has 1 aliphatic heterocycles. The molecule has 0 aliphatic carbocycles. The lowest BCUT2D eigenvalue weighted by Gasteiger charge is -2.40. The molecular weight excluding hydrogens is 274 g/mol. The summed E-state index contributed by atoms with van der Waals surface area (Å²) in [6.45, 7) is 4.99. The molecular formula is C14H25N3O4. The molecule has 0 spiro atoms. The van der Waals surface area contributed by atoms with Gasteiger partial charge in [-0.2, -0.15) is 0 Å². The number of ether oxygens (including phenoxy) is 1. The number of hydrogen-bond donors (Lipinski definition) is 2. The Hall–Kier alpha value is -1.76. The first-order valence-corrected chi connectivity index (χ1v) is 7.39. The maximum atomic E-state index is 11.9. The van der Waals surface area contributed by atoms with Crippen LogP contribution >= 0.6 is 0 Å². The zero-order valence-electron chi connectivity index (χ0n) is 12.7. The Bertz CT molecular complexity index is 398. The van der Waals surface area contributed by atoms with Gasteiger partial charge < -0.3 is 20.5 Å². The second kappa shape index (κ2) is 8.51.